The van der Waals surface area contributed by atoms with Crippen molar-refractivity contribution in [3.8, 4) is 16.9 Å². The van der Waals surface area contributed by atoms with E-state index in [0.29, 0.717) is 55.6 Å². The van der Waals surface area contributed by atoms with Crippen LogP contribution in [-0.4, -0.2) is 24.7 Å². The van der Waals surface area contributed by atoms with Crippen LogP contribution in [0.1, 0.15) is 34.1 Å². The molecule has 0 aliphatic rings. The van der Waals surface area contributed by atoms with E-state index < -0.39 is 11.6 Å². The van der Waals surface area contributed by atoms with E-state index in [1.54, 1.807) is 65.1 Å². The van der Waals surface area contributed by atoms with Gasteiger partial charge in [0.15, 0.2) is 0 Å². The molecular weight excluding hydrogens is 462 g/mol. The highest BCUT2D eigenvalue weighted by molar-refractivity contribution is 6.11. The van der Waals surface area contributed by atoms with Gasteiger partial charge in [-0.3, -0.25) is 9.78 Å². The Labute approximate surface area is 205 Å². The van der Waals surface area contributed by atoms with Crippen molar-refractivity contribution in [1.82, 2.24) is 4.98 Å². The molecule has 0 N–H and O–H groups in total. The minimum absolute atomic E-state index is 0.172. The Bertz CT molecular complexity index is 1810. The van der Waals surface area contributed by atoms with Gasteiger partial charge in [0.2, 0.25) is 5.43 Å². The van der Waals surface area contributed by atoms with E-state index in [9.17, 15) is 14.4 Å². The maximum Gasteiger partial charge on any atom is 0.346 e. The van der Waals surface area contributed by atoms with E-state index in [1.165, 1.54) is 6.26 Å². The number of fused-ring (bicyclic) bond motifs is 4. The summed E-state index contributed by atoms with van der Waals surface area (Å²) in [4.78, 5) is 43.7. The van der Waals surface area contributed by atoms with Crippen molar-refractivity contribution in [2.24, 2.45) is 0 Å². The molecule has 5 aromatic rings. The van der Waals surface area contributed by atoms with E-state index in [0.717, 1.165) is 0 Å². The lowest BCUT2D eigenvalue weighted by Gasteiger charge is -2.13. The van der Waals surface area contributed by atoms with E-state index in [-0.39, 0.29) is 28.6 Å². The van der Waals surface area contributed by atoms with E-state index in [4.69, 9.17) is 18.3 Å². The molecule has 8 nitrogen and oxygen atoms in total. The molecule has 0 fully saturated rings. The van der Waals surface area contributed by atoms with Crippen molar-refractivity contribution in [3.63, 3.8) is 0 Å². The number of ether oxygens (including phenoxy) is 2. The summed E-state index contributed by atoms with van der Waals surface area (Å²) in [5, 5.41) is 0.982. The number of hydrogen-bond acceptors (Lipinski definition) is 8. The number of aryl methyl sites for hydroxylation is 3. The Morgan fingerprint density at radius 1 is 1.00 bits per heavy atom. The first-order chi connectivity index (χ1) is 17.3. The Hall–Kier alpha value is -4.46. The van der Waals surface area contributed by atoms with Crippen LogP contribution in [-0.2, 0) is 4.74 Å². The first kappa shape index (κ1) is 23.3. The summed E-state index contributed by atoms with van der Waals surface area (Å²) >= 11 is 0. The number of benzene rings is 2. The maximum absolute atomic E-state index is 13.6. The fourth-order valence-corrected chi connectivity index (χ4v) is 4.64. The van der Waals surface area contributed by atoms with Gasteiger partial charge in [-0.25, -0.2) is 9.59 Å². The molecule has 0 radical (unpaired) electrons. The largest absolute Gasteiger partial charge is 0.497 e. The van der Waals surface area contributed by atoms with Crippen molar-refractivity contribution in [1.29, 1.82) is 0 Å². The van der Waals surface area contributed by atoms with Crippen LogP contribution in [0.3, 0.4) is 0 Å². The number of pyridine rings is 1. The monoisotopic (exact) mass is 485 g/mol. The Balaban J connectivity index is 1.85. The summed E-state index contributed by atoms with van der Waals surface area (Å²) in [7, 11) is 1.57. The third-order valence-corrected chi connectivity index (χ3v) is 6.41. The van der Waals surface area contributed by atoms with Crippen LogP contribution in [0, 0.1) is 20.8 Å². The average Bonchev–Trinajstić information content (AvgIpc) is 2.85. The number of methoxy groups -OCH3 is 1. The van der Waals surface area contributed by atoms with Gasteiger partial charge >= 0.3 is 11.6 Å². The molecule has 0 aliphatic heterocycles. The van der Waals surface area contributed by atoms with Gasteiger partial charge in [0, 0.05) is 10.9 Å². The van der Waals surface area contributed by atoms with Gasteiger partial charge in [0.25, 0.3) is 0 Å². The number of rotatable bonds is 4. The quantitative estimate of drug-likeness (QED) is 0.147. The normalized spacial score (nSPS) is 11.4. The second kappa shape index (κ2) is 8.64. The van der Waals surface area contributed by atoms with E-state index >= 15 is 0 Å². The van der Waals surface area contributed by atoms with E-state index in [1.807, 2.05) is 0 Å². The van der Waals surface area contributed by atoms with Crippen LogP contribution < -0.4 is 15.8 Å². The molecule has 8 heteroatoms. The smallest absolute Gasteiger partial charge is 0.346 e. The predicted molar refractivity (Wildman–Crippen MR) is 136 cm³/mol. The number of carbonyl (C=O) groups excluding carboxylic acids is 1. The van der Waals surface area contributed by atoms with Gasteiger partial charge < -0.3 is 18.3 Å². The molecular formula is C28H23NO7. The molecule has 3 heterocycles. The Morgan fingerprint density at radius 2 is 1.72 bits per heavy atom. The van der Waals surface area contributed by atoms with Gasteiger partial charge in [-0.1, -0.05) is 12.1 Å². The molecule has 36 heavy (non-hydrogen) atoms. The minimum Gasteiger partial charge on any atom is -0.497 e. The van der Waals surface area contributed by atoms with Crippen LogP contribution in [0.5, 0.6) is 5.75 Å². The fraction of sp³-hybridized carbons (Fsp3) is 0.214. The highest BCUT2D eigenvalue weighted by Gasteiger charge is 2.23. The van der Waals surface area contributed by atoms with Gasteiger partial charge in [0.1, 0.15) is 23.2 Å². The number of nitrogens with zero attached hydrogens (tertiary/aromatic N) is 1. The number of aromatic nitrogens is 1. The first-order valence-electron chi connectivity index (χ1n) is 11.4. The molecule has 0 amide bonds. The first-order valence-corrected chi connectivity index (χ1v) is 11.4. The standard InChI is InChI=1S/C28H23NO7/c1-6-34-27(31)21-13(2)22-23(29-15(21)4)18-11-19-24(30)20(16-7-9-17(33-5)10-8-16)12-35-25(19)14(3)26(18)36-28(22)32/h7-12H,6H2,1-5H3. The van der Waals surface area contributed by atoms with Crippen LogP contribution in [0.2, 0.25) is 0 Å². The van der Waals surface area contributed by atoms with Gasteiger partial charge in [-0.2, -0.15) is 0 Å². The molecule has 3 aromatic heterocycles. The summed E-state index contributed by atoms with van der Waals surface area (Å²) < 4.78 is 21.9. The third-order valence-electron chi connectivity index (χ3n) is 6.41. The molecule has 0 atom stereocenters. The van der Waals surface area contributed by atoms with Crippen molar-refractivity contribution < 1.29 is 23.1 Å². The SMILES string of the molecule is CCOC(=O)c1c(C)nc2c(c1C)c(=O)oc1c(C)c3occ(-c4ccc(OC)cc4)c(=O)c3cc12. The summed E-state index contributed by atoms with van der Waals surface area (Å²) in [5.74, 6) is 0.118. The van der Waals surface area contributed by atoms with Crippen LogP contribution in [0.15, 0.2) is 55.0 Å². The molecule has 0 saturated carbocycles. The molecule has 2 aromatic carbocycles. The summed E-state index contributed by atoms with van der Waals surface area (Å²) in [5.41, 5.74) is 2.72. The molecule has 0 saturated heterocycles. The van der Waals surface area contributed by atoms with Gasteiger partial charge in [-0.15, -0.1) is 0 Å². The van der Waals surface area contributed by atoms with Crippen molar-refractivity contribution >= 4 is 38.8 Å². The number of esters is 1. The maximum atomic E-state index is 13.6. The summed E-state index contributed by atoms with van der Waals surface area (Å²) in [6.45, 7) is 6.97. The topological polar surface area (TPSA) is 109 Å². The summed E-state index contributed by atoms with van der Waals surface area (Å²) in [6.07, 6.45) is 1.41. The second-order valence-corrected chi connectivity index (χ2v) is 8.49. The third kappa shape index (κ3) is 3.45. The minimum atomic E-state index is -0.632. The van der Waals surface area contributed by atoms with Gasteiger partial charge in [0.05, 0.1) is 46.8 Å². The van der Waals surface area contributed by atoms with Crippen molar-refractivity contribution in [2.45, 2.75) is 27.7 Å². The summed E-state index contributed by atoms with van der Waals surface area (Å²) in [6, 6.07) is 8.74. The molecule has 0 unspecified atom stereocenters. The lowest BCUT2D eigenvalue weighted by Crippen LogP contribution is -2.14. The number of hydrogen-bond donors (Lipinski definition) is 0. The van der Waals surface area contributed by atoms with Crippen LogP contribution in [0.4, 0.5) is 0 Å². The molecule has 0 spiro atoms. The van der Waals surface area contributed by atoms with E-state index in [2.05, 4.69) is 4.98 Å². The lowest BCUT2D eigenvalue weighted by molar-refractivity contribution is 0.0524. The fourth-order valence-electron chi connectivity index (χ4n) is 4.64. The van der Waals surface area contributed by atoms with Gasteiger partial charge in [-0.05, 0) is 57.0 Å². The Morgan fingerprint density at radius 3 is 2.39 bits per heavy atom. The Kier molecular flexibility index (Phi) is 5.59. The molecule has 182 valence electrons. The number of carbonyl (C=O) groups is 1. The predicted octanol–water partition coefficient (Wildman–Crippen LogP) is 5.23. The average molecular weight is 485 g/mol. The van der Waals surface area contributed by atoms with Crippen LogP contribution >= 0.6 is 0 Å². The molecule has 0 bridgehead atoms. The molecule has 5 rings (SSSR count). The van der Waals surface area contributed by atoms with Crippen LogP contribution in [0.25, 0.3) is 44.0 Å². The highest BCUT2D eigenvalue weighted by atomic mass is 16.5. The lowest BCUT2D eigenvalue weighted by atomic mass is 9.98. The zero-order valence-corrected chi connectivity index (χ0v) is 20.5. The second-order valence-electron chi connectivity index (χ2n) is 8.49. The zero-order chi connectivity index (χ0) is 25.7. The van der Waals surface area contributed by atoms with Crippen molar-refractivity contribution in [2.75, 3.05) is 13.7 Å². The molecule has 0 aliphatic carbocycles. The van der Waals surface area contributed by atoms with Crippen molar-refractivity contribution in [3.05, 3.63) is 79.6 Å². The highest BCUT2D eigenvalue weighted by Crippen LogP contribution is 2.33. The zero-order valence-electron chi connectivity index (χ0n) is 20.5.